The summed E-state index contributed by atoms with van der Waals surface area (Å²) in [4.78, 5) is 20.2. The minimum Gasteiger partial charge on any atom is -0.465 e. The predicted molar refractivity (Wildman–Crippen MR) is 84.0 cm³/mol. The Bertz CT molecular complexity index is 682. The lowest BCUT2D eigenvalue weighted by molar-refractivity contribution is 0.0601. The van der Waals surface area contributed by atoms with Gasteiger partial charge in [-0.3, -0.25) is 0 Å². The zero-order valence-electron chi connectivity index (χ0n) is 11.4. The molecule has 0 spiro atoms. The quantitative estimate of drug-likeness (QED) is 0.631. The van der Waals surface area contributed by atoms with Crippen molar-refractivity contribution in [1.29, 1.82) is 0 Å². The van der Waals surface area contributed by atoms with Crippen LogP contribution in [0.5, 0.6) is 0 Å². The molecule has 3 rings (SSSR count). The maximum absolute atomic E-state index is 12.0. The van der Waals surface area contributed by atoms with Crippen LogP contribution in [0.2, 0.25) is 0 Å². The molecule has 0 radical (unpaired) electrons. The van der Waals surface area contributed by atoms with Crippen LogP contribution in [0, 0.1) is 6.92 Å². The third-order valence-corrected chi connectivity index (χ3v) is 5.50. The molecule has 2 aromatic heterocycles. The molecule has 0 amide bonds. The number of hydrogen-bond acceptors (Lipinski definition) is 5. The van der Waals surface area contributed by atoms with E-state index in [4.69, 9.17) is 4.74 Å². The summed E-state index contributed by atoms with van der Waals surface area (Å²) in [7, 11) is 1.43. The molecule has 20 heavy (non-hydrogen) atoms. The number of carbonyl (C=O) groups is 1. The van der Waals surface area contributed by atoms with Crippen molar-refractivity contribution < 1.29 is 9.53 Å². The maximum Gasteiger partial charge on any atom is 0.341 e. The van der Waals surface area contributed by atoms with E-state index in [2.05, 4.69) is 18.0 Å². The Morgan fingerprint density at radius 1 is 1.35 bits per heavy atom. The van der Waals surface area contributed by atoms with Crippen LogP contribution >= 0.6 is 22.7 Å². The topological polar surface area (TPSA) is 38.7 Å². The van der Waals surface area contributed by atoms with E-state index < -0.39 is 0 Å². The van der Waals surface area contributed by atoms with Gasteiger partial charge in [0.05, 0.1) is 12.7 Å². The number of methoxy groups -OCH3 is 1. The first-order chi connectivity index (χ1) is 9.69. The van der Waals surface area contributed by atoms with Crippen LogP contribution in [0.15, 0.2) is 17.1 Å². The second-order valence-corrected chi connectivity index (χ2v) is 7.14. The lowest BCUT2D eigenvalue weighted by atomic mass is 10.1. The lowest BCUT2D eigenvalue weighted by Crippen LogP contribution is -2.02. The number of thiophene rings is 2. The average Bonchev–Trinajstić information content (AvgIpc) is 3.10. The van der Waals surface area contributed by atoms with E-state index in [-0.39, 0.29) is 5.97 Å². The average molecular weight is 305 g/mol. The van der Waals surface area contributed by atoms with Crippen LogP contribution in [-0.4, -0.2) is 19.3 Å². The number of aliphatic imine (C=N–C) groups is 1. The van der Waals surface area contributed by atoms with Crippen LogP contribution in [0.1, 0.15) is 37.0 Å². The Hall–Kier alpha value is -1.46. The normalized spacial score (nSPS) is 13.9. The molecule has 0 unspecified atom stereocenters. The molecule has 0 fully saturated rings. The summed E-state index contributed by atoms with van der Waals surface area (Å²) in [5, 5.41) is 0.785. The molecule has 0 saturated carbocycles. The summed E-state index contributed by atoms with van der Waals surface area (Å²) in [6.45, 7) is 2.07. The first-order valence-corrected chi connectivity index (χ1v) is 8.15. The Morgan fingerprint density at radius 2 is 2.20 bits per heavy atom. The molecule has 0 aliphatic heterocycles. The first-order valence-electron chi connectivity index (χ1n) is 6.52. The molecule has 1 aliphatic carbocycles. The van der Waals surface area contributed by atoms with Gasteiger partial charge in [-0.25, -0.2) is 9.79 Å². The van der Waals surface area contributed by atoms with Gasteiger partial charge in [-0.15, -0.1) is 22.7 Å². The lowest BCUT2D eigenvalue weighted by Gasteiger charge is -2.00. The molecule has 0 aromatic carbocycles. The molecule has 3 nitrogen and oxygen atoms in total. The predicted octanol–water partition coefficient (Wildman–Crippen LogP) is 4.14. The number of fused-ring (bicyclic) bond motifs is 1. The van der Waals surface area contributed by atoms with Crippen molar-refractivity contribution in [2.45, 2.75) is 26.2 Å². The highest BCUT2D eigenvalue weighted by Crippen LogP contribution is 2.41. The van der Waals surface area contributed by atoms with Crippen LogP contribution in [-0.2, 0) is 17.6 Å². The standard InChI is InChI=1S/C15H15NO2S2/c1-9-6-7-10(19-9)8-16-14-13(15(17)18-2)11-4-3-5-12(11)20-14/h6-8H,3-5H2,1-2H3. The Morgan fingerprint density at radius 3 is 2.90 bits per heavy atom. The van der Waals surface area contributed by atoms with E-state index in [1.54, 1.807) is 22.7 Å². The zero-order valence-corrected chi connectivity index (χ0v) is 13.1. The molecule has 0 N–H and O–H groups in total. The second-order valence-electron chi connectivity index (χ2n) is 4.74. The highest BCUT2D eigenvalue weighted by molar-refractivity contribution is 7.16. The van der Waals surface area contributed by atoms with Crippen LogP contribution in [0.25, 0.3) is 0 Å². The van der Waals surface area contributed by atoms with Crippen LogP contribution in [0.3, 0.4) is 0 Å². The summed E-state index contributed by atoms with van der Waals surface area (Å²) in [5.41, 5.74) is 1.82. The molecular weight excluding hydrogens is 290 g/mol. The molecule has 104 valence electrons. The van der Waals surface area contributed by atoms with E-state index in [9.17, 15) is 4.79 Å². The number of carbonyl (C=O) groups excluding carboxylic acids is 1. The summed E-state index contributed by atoms with van der Waals surface area (Å²) >= 11 is 3.32. The van der Waals surface area contributed by atoms with Gasteiger partial charge in [0.25, 0.3) is 0 Å². The largest absolute Gasteiger partial charge is 0.465 e. The Labute approximate surface area is 125 Å². The minimum absolute atomic E-state index is 0.265. The Balaban J connectivity index is 1.97. The van der Waals surface area contributed by atoms with Gasteiger partial charge in [-0.05, 0) is 43.9 Å². The van der Waals surface area contributed by atoms with Gasteiger partial charge in [0.1, 0.15) is 5.00 Å². The summed E-state index contributed by atoms with van der Waals surface area (Å²) < 4.78 is 4.91. The number of ether oxygens (including phenoxy) is 1. The third-order valence-electron chi connectivity index (χ3n) is 3.36. The van der Waals surface area contributed by atoms with Crippen molar-refractivity contribution in [3.8, 4) is 0 Å². The molecule has 2 aromatic rings. The molecular formula is C15H15NO2S2. The molecule has 0 saturated heterocycles. The van der Waals surface area contributed by atoms with Crippen molar-refractivity contribution in [1.82, 2.24) is 0 Å². The molecule has 2 heterocycles. The SMILES string of the molecule is COC(=O)c1c(N=Cc2ccc(C)s2)sc2c1CCC2. The Kier molecular flexibility index (Phi) is 3.72. The third kappa shape index (κ3) is 2.43. The molecule has 1 aliphatic rings. The number of hydrogen-bond donors (Lipinski definition) is 0. The van der Waals surface area contributed by atoms with E-state index in [0.29, 0.717) is 5.56 Å². The first kappa shape index (κ1) is 13.5. The van der Waals surface area contributed by atoms with Gasteiger partial charge in [-0.2, -0.15) is 0 Å². The van der Waals surface area contributed by atoms with Crippen molar-refractivity contribution in [2.24, 2.45) is 4.99 Å². The zero-order chi connectivity index (χ0) is 14.1. The van der Waals surface area contributed by atoms with Gasteiger partial charge < -0.3 is 4.74 Å². The van der Waals surface area contributed by atoms with E-state index in [1.165, 1.54) is 16.9 Å². The monoisotopic (exact) mass is 305 g/mol. The second kappa shape index (κ2) is 5.50. The van der Waals surface area contributed by atoms with Crippen LogP contribution in [0.4, 0.5) is 5.00 Å². The molecule has 5 heteroatoms. The van der Waals surface area contributed by atoms with Gasteiger partial charge in [0.15, 0.2) is 0 Å². The minimum atomic E-state index is -0.265. The van der Waals surface area contributed by atoms with Gasteiger partial charge in [0, 0.05) is 20.8 Å². The fourth-order valence-corrected chi connectivity index (χ4v) is 4.41. The molecule has 0 atom stereocenters. The summed E-state index contributed by atoms with van der Waals surface area (Å²) in [6.07, 6.45) is 4.98. The van der Waals surface area contributed by atoms with Crippen molar-refractivity contribution in [3.05, 3.63) is 37.9 Å². The fraction of sp³-hybridized carbons (Fsp3) is 0.333. The van der Waals surface area contributed by atoms with Crippen molar-refractivity contribution in [2.75, 3.05) is 7.11 Å². The smallest absolute Gasteiger partial charge is 0.341 e. The van der Waals surface area contributed by atoms with Crippen molar-refractivity contribution in [3.63, 3.8) is 0 Å². The molecule has 0 bridgehead atoms. The highest BCUT2D eigenvalue weighted by atomic mass is 32.1. The maximum atomic E-state index is 12.0. The van der Waals surface area contributed by atoms with Gasteiger partial charge >= 0.3 is 5.97 Å². The summed E-state index contributed by atoms with van der Waals surface area (Å²) in [5.74, 6) is -0.265. The van der Waals surface area contributed by atoms with Crippen LogP contribution < -0.4 is 0 Å². The van der Waals surface area contributed by atoms with E-state index >= 15 is 0 Å². The number of esters is 1. The van der Waals surface area contributed by atoms with Gasteiger partial charge in [-0.1, -0.05) is 0 Å². The summed E-state index contributed by atoms with van der Waals surface area (Å²) in [6, 6.07) is 4.12. The number of aryl methyl sites for hydroxylation is 2. The number of rotatable bonds is 3. The highest BCUT2D eigenvalue weighted by Gasteiger charge is 2.26. The fourth-order valence-electron chi connectivity index (χ4n) is 2.44. The van der Waals surface area contributed by atoms with E-state index in [0.717, 1.165) is 34.7 Å². The van der Waals surface area contributed by atoms with Crippen molar-refractivity contribution >= 4 is 39.9 Å². The van der Waals surface area contributed by atoms with Gasteiger partial charge in [0.2, 0.25) is 0 Å². The van der Waals surface area contributed by atoms with E-state index in [1.807, 2.05) is 12.3 Å². The number of nitrogens with zero attached hydrogens (tertiary/aromatic N) is 1.